The molecule has 0 atom stereocenters. The molecule has 0 saturated heterocycles. The van der Waals surface area contributed by atoms with Gasteiger partial charge in [0.1, 0.15) is 5.82 Å². The van der Waals surface area contributed by atoms with Gasteiger partial charge in [0.25, 0.3) is 0 Å². The van der Waals surface area contributed by atoms with Crippen LogP contribution in [0.2, 0.25) is 0 Å². The minimum Gasteiger partial charge on any atom is -0.294 e. The second-order valence-corrected chi connectivity index (χ2v) is 4.47. The first-order chi connectivity index (χ1) is 8.18. The highest BCUT2D eigenvalue weighted by Gasteiger charge is 2.11. The van der Waals surface area contributed by atoms with Gasteiger partial charge < -0.3 is 0 Å². The van der Waals surface area contributed by atoms with Crippen molar-refractivity contribution in [3.8, 4) is 0 Å². The van der Waals surface area contributed by atoms with Gasteiger partial charge in [-0.05, 0) is 27.6 Å². The van der Waals surface area contributed by atoms with E-state index in [4.69, 9.17) is 0 Å². The third kappa shape index (κ3) is 2.80. The maximum atomic E-state index is 13.3. The van der Waals surface area contributed by atoms with Crippen LogP contribution >= 0.6 is 15.9 Å². The highest BCUT2D eigenvalue weighted by atomic mass is 79.9. The molecule has 0 amide bonds. The Labute approximate surface area is 107 Å². The van der Waals surface area contributed by atoms with E-state index in [1.165, 1.54) is 6.07 Å². The Morgan fingerprint density at radius 3 is 2.47 bits per heavy atom. The third-order valence-corrected chi connectivity index (χ3v) is 3.37. The lowest BCUT2D eigenvalue weighted by atomic mass is 10.0. The number of rotatable bonds is 3. The number of hydrogen-bond acceptors (Lipinski definition) is 1. The van der Waals surface area contributed by atoms with Crippen molar-refractivity contribution in [1.82, 2.24) is 0 Å². The Bertz CT molecular complexity index is 537. The highest BCUT2D eigenvalue weighted by Crippen LogP contribution is 2.21. The lowest BCUT2D eigenvalue weighted by molar-refractivity contribution is 0.0993. The van der Waals surface area contributed by atoms with Crippen molar-refractivity contribution < 1.29 is 9.18 Å². The number of halogens is 2. The van der Waals surface area contributed by atoms with Crippen molar-refractivity contribution in [2.24, 2.45) is 0 Å². The van der Waals surface area contributed by atoms with Gasteiger partial charge in [0.15, 0.2) is 5.78 Å². The molecule has 0 radical (unpaired) electrons. The van der Waals surface area contributed by atoms with Crippen LogP contribution in [-0.4, -0.2) is 5.78 Å². The molecule has 0 saturated carbocycles. The number of Topliss-reactive ketones (excluding diaryl/α,β-unsaturated/α-hetero) is 1. The van der Waals surface area contributed by atoms with Gasteiger partial charge >= 0.3 is 0 Å². The summed E-state index contributed by atoms with van der Waals surface area (Å²) in [5.74, 6) is -0.361. The fraction of sp³-hybridized carbons (Fsp3) is 0.0714. The molecule has 0 aromatic heterocycles. The predicted molar refractivity (Wildman–Crippen MR) is 68.6 cm³/mol. The van der Waals surface area contributed by atoms with Crippen LogP contribution in [0.25, 0.3) is 0 Å². The lowest BCUT2D eigenvalue weighted by Gasteiger charge is -2.04. The molecule has 0 aliphatic carbocycles. The second-order valence-electron chi connectivity index (χ2n) is 3.68. The number of hydrogen-bond donors (Lipinski definition) is 0. The van der Waals surface area contributed by atoms with E-state index in [2.05, 4.69) is 15.9 Å². The summed E-state index contributed by atoms with van der Waals surface area (Å²) in [6, 6.07) is 13.7. The van der Waals surface area contributed by atoms with Crippen LogP contribution in [0.1, 0.15) is 15.9 Å². The molecule has 0 unspecified atom stereocenters. The Kier molecular flexibility index (Phi) is 3.69. The van der Waals surface area contributed by atoms with E-state index in [-0.39, 0.29) is 18.0 Å². The smallest absolute Gasteiger partial charge is 0.167 e. The van der Waals surface area contributed by atoms with Crippen molar-refractivity contribution in [3.05, 3.63) is 69.9 Å². The third-order valence-electron chi connectivity index (χ3n) is 2.48. The van der Waals surface area contributed by atoms with Crippen molar-refractivity contribution in [1.29, 1.82) is 0 Å². The van der Waals surface area contributed by atoms with Crippen LogP contribution in [0, 0.1) is 5.82 Å². The molecule has 0 aliphatic heterocycles. The molecule has 0 bridgehead atoms. The zero-order valence-corrected chi connectivity index (χ0v) is 10.6. The quantitative estimate of drug-likeness (QED) is 0.781. The van der Waals surface area contributed by atoms with Gasteiger partial charge in [-0.3, -0.25) is 4.79 Å². The van der Waals surface area contributed by atoms with E-state index >= 15 is 0 Å². The second kappa shape index (κ2) is 5.23. The molecular weight excluding hydrogens is 283 g/mol. The fourth-order valence-corrected chi connectivity index (χ4v) is 1.99. The van der Waals surface area contributed by atoms with Crippen LogP contribution in [0.15, 0.2) is 53.0 Å². The first-order valence-electron chi connectivity index (χ1n) is 5.19. The molecule has 0 heterocycles. The van der Waals surface area contributed by atoms with Gasteiger partial charge in [-0.2, -0.15) is 0 Å². The van der Waals surface area contributed by atoms with Crippen LogP contribution in [-0.2, 0) is 6.42 Å². The van der Waals surface area contributed by atoms with Gasteiger partial charge in [-0.25, -0.2) is 4.39 Å². The standard InChI is InChI=1S/C14H10BrFO/c15-14-11(7-4-8-12(14)16)9-13(17)10-5-2-1-3-6-10/h1-8H,9H2. The predicted octanol–water partition coefficient (Wildman–Crippen LogP) is 4.01. The molecule has 2 aromatic rings. The first-order valence-corrected chi connectivity index (χ1v) is 5.99. The Hall–Kier alpha value is -1.48. The van der Waals surface area contributed by atoms with Gasteiger partial charge in [-0.1, -0.05) is 42.5 Å². The van der Waals surface area contributed by atoms with Gasteiger partial charge in [-0.15, -0.1) is 0 Å². The Morgan fingerprint density at radius 1 is 1.06 bits per heavy atom. The van der Waals surface area contributed by atoms with Gasteiger partial charge in [0.2, 0.25) is 0 Å². The average molecular weight is 293 g/mol. The van der Waals surface area contributed by atoms with Crippen molar-refractivity contribution >= 4 is 21.7 Å². The molecule has 0 aliphatic rings. The van der Waals surface area contributed by atoms with Crippen LogP contribution < -0.4 is 0 Å². The van der Waals surface area contributed by atoms with Crippen molar-refractivity contribution in [3.63, 3.8) is 0 Å². The van der Waals surface area contributed by atoms with Gasteiger partial charge in [0.05, 0.1) is 4.47 Å². The van der Waals surface area contributed by atoms with Gasteiger partial charge in [0, 0.05) is 12.0 Å². The van der Waals surface area contributed by atoms with E-state index < -0.39 is 0 Å². The van der Waals surface area contributed by atoms with E-state index in [0.717, 1.165) is 0 Å². The minimum atomic E-state index is -0.344. The number of carbonyl (C=O) groups is 1. The molecule has 0 fully saturated rings. The minimum absolute atomic E-state index is 0.0168. The summed E-state index contributed by atoms with van der Waals surface area (Å²) in [6.07, 6.45) is 0.197. The van der Waals surface area contributed by atoms with Crippen LogP contribution in [0.5, 0.6) is 0 Å². The molecule has 0 N–H and O–H groups in total. The number of carbonyl (C=O) groups excluding carboxylic acids is 1. The molecule has 2 aromatic carbocycles. The maximum absolute atomic E-state index is 13.3. The Balaban J connectivity index is 2.22. The normalized spacial score (nSPS) is 10.2. The van der Waals surface area contributed by atoms with Crippen LogP contribution in [0.4, 0.5) is 4.39 Å². The molecule has 2 rings (SSSR count). The summed E-state index contributed by atoms with van der Waals surface area (Å²) < 4.78 is 13.6. The van der Waals surface area contributed by atoms with Crippen molar-refractivity contribution in [2.75, 3.05) is 0 Å². The highest BCUT2D eigenvalue weighted by molar-refractivity contribution is 9.10. The summed E-state index contributed by atoms with van der Waals surface area (Å²) in [6.45, 7) is 0. The molecule has 0 spiro atoms. The first kappa shape index (κ1) is 12.0. The lowest BCUT2D eigenvalue weighted by Crippen LogP contribution is -2.04. The summed E-state index contributed by atoms with van der Waals surface area (Å²) in [5.41, 5.74) is 1.31. The summed E-state index contributed by atoms with van der Waals surface area (Å²) >= 11 is 3.15. The van der Waals surface area contributed by atoms with Crippen LogP contribution in [0.3, 0.4) is 0 Å². The SMILES string of the molecule is O=C(Cc1cccc(F)c1Br)c1ccccc1. The zero-order valence-electron chi connectivity index (χ0n) is 8.99. The average Bonchev–Trinajstić information content (AvgIpc) is 2.36. The summed E-state index contributed by atoms with van der Waals surface area (Å²) in [7, 11) is 0. The summed E-state index contributed by atoms with van der Waals surface area (Å²) in [4.78, 5) is 11.9. The Morgan fingerprint density at radius 2 is 1.76 bits per heavy atom. The monoisotopic (exact) mass is 292 g/mol. The van der Waals surface area contributed by atoms with E-state index in [1.54, 1.807) is 24.3 Å². The number of ketones is 1. The fourth-order valence-electron chi connectivity index (χ4n) is 1.58. The maximum Gasteiger partial charge on any atom is 0.167 e. The zero-order chi connectivity index (χ0) is 12.3. The van der Waals surface area contributed by atoms with E-state index in [0.29, 0.717) is 15.6 Å². The summed E-state index contributed by atoms with van der Waals surface area (Å²) in [5, 5.41) is 0. The molecule has 1 nitrogen and oxygen atoms in total. The number of benzene rings is 2. The molecular formula is C14H10BrFO. The molecule has 17 heavy (non-hydrogen) atoms. The molecule has 86 valence electrons. The topological polar surface area (TPSA) is 17.1 Å². The van der Waals surface area contributed by atoms with E-state index in [9.17, 15) is 9.18 Å². The largest absolute Gasteiger partial charge is 0.294 e. The molecule has 3 heteroatoms. The van der Waals surface area contributed by atoms with Crippen molar-refractivity contribution in [2.45, 2.75) is 6.42 Å². The van der Waals surface area contributed by atoms with E-state index in [1.807, 2.05) is 18.2 Å².